The molecule has 1 heterocycles. The third-order valence-corrected chi connectivity index (χ3v) is 4.09. The van der Waals surface area contributed by atoms with Crippen LogP contribution in [0.25, 0.3) is 0 Å². The second kappa shape index (κ2) is 4.61. The van der Waals surface area contributed by atoms with Crippen LogP contribution in [0, 0.1) is 25.5 Å². The normalized spacial score (nSPS) is 11.6. The number of nitrogens with one attached hydrogen (secondary N) is 2. The molecule has 0 spiro atoms. The van der Waals surface area contributed by atoms with Gasteiger partial charge in [-0.05, 0) is 26.0 Å². The summed E-state index contributed by atoms with van der Waals surface area (Å²) in [5, 5.41) is 6.30. The lowest BCUT2D eigenvalue weighted by molar-refractivity contribution is 0.584. The molecule has 0 aliphatic carbocycles. The number of aromatic nitrogens is 2. The zero-order valence-electron chi connectivity index (χ0n) is 10.2. The third-order valence-electron chi connectivity index (χ3n) is 2.44. The number of anilines is 1. The summed E-state index contributed by atoms with van der Waals surface area (Å²) >= 11 is 0. The van der Waals surface area contributed by atoms with Crippen LogP contribution in [0.2, 0.25) is 0 Å². The van der Waals surface area contributed by atoms with E-state index < -0.39 is 21.7 Å². The van der Waals surface area contributed by atoms with Gasteiger partial charge >= 0.3 is 0 Å². The van der Waals surface area contributed by atoms with Crippen LogP contribution in [0.4, 0.5) is 14.5 Å². The fourth-order valence-electron chi connectivity index (χ4n) is 1.76. The fourth-order valence-corrected chi connectivity index (χ4v) is 3.17. The van der Waals surface area contributed by atoms with Gasteiger partial charge in [-0.25, -0.2) is 17.2 Å². The van der Waals surface area contributed by atoms with E-state index in [4.69, 9.17) is 0 Å². The lowest BCUT2D eigenvalue weighted by Gasteiger charge is -2.08. The Kier molecular flexibility index (Phi) is 3.27. The van der Waals surface area contributed by atoms with Crippen LogP contribution in [0.3, 0.4) is 0 Å². The number of aryl methyl sites for hydroxylation is 2. The van der Waals surface area contributed by atoms with Crippen molar-refractivity contribution in [3.05, 3.63) is 41.2 Å². The predicted octanol–water partition coefficient (Wildman–Crippen LogP) is 2.11. The summed E-state index contributed by atoms with van der Waals surface area (Å²) in [6.07, 6.45) is 0. The maximum atomic E-state index is 13.0. The molecule has 0 saturated carbocycles. The van der Waals surface area contributed by atoms with Gasteiger partial charge in [0, 0.05) is 6.07 Å². The van der Waals surface area contributed by atoms with Gasteiger partial charge in [0.25, 0.3) is 10.0 Å². The Morgan fingerprint density at radius 1 is 1.16 bits per heavy atom. The van der Waals surface area contributed by atoms with Gasteiger partial charge in [0.1, 0.15) is 16.5 Å². The molecule has 1 aromatic heterocycles. The number of rotatable bonds is 3. The number of hydrogen-bond acceptors (Lipinski definition) is 3. The maximum Gasteiger partial charge on any atom is 0.265 e. The highest BCUT2D eigenvalue weighted by molar-refractivity contribution is 7.92. The molecule has 0 amide bonds. The molecule has 19 heavy (non-hydrogen) atoms. The summed E-state index contributed by atoms with van der Waals surface area (Å²) in [5.74, 6) is -1.73. The second-order valence-corrected chi connectivity index (χ2v) is 5.65. The molecule has 5 nitrogen and oxygen atoms in total. The van der Waals surface area contributed by atoms with E-state index >= 15 is 0 Å². The van der Waals surface area contributed by atoms with Crippen LogP contribution in [-0.4, -0.2) is 18.6 Å². The van der Waals surface area contributed by atoms with Crippen molar-refractivity contribution in [2.24, 2.45) is 0 Å². The van der Waals surface area contributed by atoms with Crippen LogP contribution in [0.5, 0.6) is 0 Å². The van der Waals surface area contributed by atoms with Crippen molar-refractivity contribution in [3.8, 4) is 0 Å². The van der Waals surface area contributed by atoms with Gasteiger partial charge in [0.15, 0.2) is 0 Å². The first-order valence-corrected chi connectivity index (χ1v) is 6.78. The first-order chi connectivity index (χ1) is 8.79. The lowest BCUT2D eigenvalue weighted by Crippen LogP contribution is -2.14. The van der Waals surface area contributed by atoms with Crippen molar-refractivity contribution in [2.45, 2.75) is 18.7 Å². The molecular weight excluding hydrogens is 276 g/mol. The first-order valence-electron chi connectivity index (χ1n) is 5.30. The number of halogens is 2. The number of H-pyrrole nitrogens is 1. The lowest BCUT2D eigenvalue weighted by atomic mass is 10.3. The maximum absolute atomic E-state index is 13.0. The van der Waals surface area contributed by atoms with Crippen molar-refractivity contribution in [3.63, 3.8) is 0 Å². The van der Waals surface area contributed by atoms with E-state index in [0.717, 1.165) is 12.1 Å². The van der Waals surface area contributed by atoms with Gasteiger partial charge < -0.3 is 0 Å². The third kappa shape index (κ3) is 2.73. The Morgan fingerprint density at radius 3 is 2.21 bits per heavy atom. The molecule has 0 aliphatic heterocycles. The smallest absolute Gasteiger partial charge is 0.265 e. The highest BCUT2D eigenvalue weighted by atomic mass is 32.2. The van der Waals surface area contributed by atoms with Gasteiger partial charge in [-0.2, -0.15) is 5.10 Å². The standard InChI is InChI=1S/C11H11F2N3O2S/c1-6-11(7(2)15-14-6)19(17,18)16-10-4-8(12)3-9(13)5-10/h3-5,16H,1-2H3,(H,14,15). The van der Waals surface area contributed by atoms with Crippen molar-refractivity contribution in [2.75, 3.05) is 4.72 Å². The molecule has 0 radical (unpaired) electrons. The number of nitrogens with zero attached hydrogens (tertiary/aromatic N) is 1. The van der Waals surface area contributed by atoms with Gasteiger partial charge in [0.2, 0.25) is 0 Å². The van der Waals surface area contributed by atoms with E-state index in [1.807, 2.05) is 0 Å². The van der Waals surface area contributed by atoms with E-state index in [1.54, 1.807) is 6.92 Å². The summed E-state index contributed by atoms with van der Waals surface area (Å²) in [6, 6.07) is 2.45. The Morgan fingerprint density at radius 2 is 1.74 bits per heavy atom. The van der Waals surface area contributed by atoms with Crippen LogP contribution < -0.4 is 4.72 Å². The van der Waals surface area contributed by atoms with E-state index in [2.05, 4.69) is 14.9 Å². The average Bonchev–Trinajstić information content (AvgIpc) is 2.56. The highest BCUT2D eigenvalue weighted by Crippen LogP contribution is 2.21. The zero-order valence-corrected chi connectivity index (χ0v) is 11.0. The van der Waals surface area contributed by atoms with E-state index in [-0.39, 0.29) is 16.3 Å². The number of hydrogen-bond donors (Lipinski definition) is 2. The minimum absolute atomic E-state index is 0.0304. The quantitative estimate of drug-likeness (QED) is 0.907. The predicted molar refractivity (Wildman–Crippen MR) is 65.2 cm³/mol. The summed E-state index contributed by atoms with van der Waals surface area (Å²) < 4.78 is 52.4. The van der Waals surface area contributed by atoms with Gasteiger partial charge in [-0.1, -0.05) is 0 Å². The van der Waals surface area contributed by atoms with Gasteiger partial charge in [0.05, 0.1) is 17.1 Å². The summed E-state index contributed by atoms with van der Waals surface area (Å²) in [5.41, 5.74) is 0.446. The van der Waals surface area contributed by atoms with E-state index in [1.165, 1.54) is 6.92 Å². The topological polar surface area (TPSA) is 74.8 Å². The Bertz CT molecular complexity index is 686. The van der Waals surface area contributed by atoms with E-state index in [0.29, 0.717) is 11.8 Å². The number of benzene rings is 1. The molecule has 0 atom stereocenters. The minimum Gasteiger partial charge on any atom is -0.281 e. The monoisotopic (exact) mass is 287 g/mol. The molecule has 2 N–H and O–H groups in total. The number of aromatic amines is 1. The summed E-state index contributed by atoms with van der Waals surface area (Å²) in [6.45, 7) is 3.06. The molecule has 102 valence electrons. The molecule has 2 rings (SSSR count). The molecule has 1 aromatic carbocycles. The van der Waals surface area contributed by atoms with Crippen molar-refractivity contribution >= 4 is 15.7 Å². The first kappa shape index (κ1) is 13.5. The molecule has 0 fully saturated rings. The molecule has 0 saturated heterocycles. The largest absolute Gasteiger partial charge is 0.281 e. The van der Waals surface area contributed by atoms with Crippen LogP contribution >= 0.6 is 0 Å². The average molecular weight is 287 g/mol. The van der Waals surface area contributed by atoms with E-state index in [9.17, 15) is 17.2 Å². The van der Waals surface area contributed by atoms with Crippen LogP contribution in [-0.2, 0) is 10.0 Å². The Balaban J connectivity index is 2.42. The summed E-state index contributed by atoms with van der Waals surface area (Å²) in [7, 11) is -3.94. The fraction of sp³-hybridized carbons (Fsp3) is 0.182. The minimum atomic E-state index is -3.94. The second-order valence-electron chi connectivity index (χ2n) is 4.03. The van der Waals surface area contributed by atoms with Crippen LogP contribution in [0.1, 0.15) is 11.4 Å². The SMILES string of the molecule is Cc1n[nH]c(C)c1S(=O)(=O)Nc1cc(F)cc(F)c1. The van der Waals surface area contributed by atoms with Crippen molar-refractivity contribution in [1.82, 2.24) is 10.2 Å². The van der Waals surface area contributed by atoms with Gasteiger partial charge in [-0.3, -0.25) is 9.82 Å². The Hall–Kier alpha value is -1.96. The molecule has 2 aromatic rings. The molecular formula is C11H11F2N3O2S. The van der Waals surface area contributed by atoms with Crippen molar-refractivity contribution in [1.29, 1.82) is 0 Å². The Labute approximate surface area is 108 Å². The van der Waals surface area contributed by atoms with Crippen molar-refractivity contribution < 1.29 is 17.2 Å². The van der Waals surface area contributed by atoms with Crippen LogP contribution in [0.15, 0.2) is 23.1 Å². The highest BCUT2D eigenvalue weighted by Gasteiger charge is 2.22. The number of sulfonamides is 1. The summed E-state index contributed by atoms with van der Waals surface area (Å²) in [4.78, 5) is -0.0304. The molecule has 0 bridgehead atoms. The molecule has 8 heteroatoms. The molecule has 0 aliphatic rings. The molecule has 0 unspecified atom stereocenters. The zero-order chi connectivity index (χ0) is 14.2. The van der Waals surface area contributed by atoms with Gasteiger partial charge in [-0.15, -0.1) is 0 Å².